The van der Waals surface area contributed by atoms with Crippen LogP contribution in [0.4, 0.5) is 11.4 Å². The molecule has 2 unspecified atom stereocenters. The van der Waals surface area contributed by atoms with Crippen LogP contribution in [0.25, 0.3) is 0 Å². The Morgan fingerprint density at radius 2 is 1.96 bits per heavy atom. The Labute approximate surface area is 141 Å². The fraction of sp³-hybridized carbons (Fsp3) is 0.389. The van der Waals surface area contributed by atoms with Gasteiger partial charge >= 0.3 is 0 Å². The zero-order valence-electron chi connectivity index (χ0n) is 14.2. The normalized spacial score (nSPS) is 20.7. The van der Waals surface area contributed by atoms with E-state index in [1.165, 1.54) is 0 Å². The van der Waals surface area contributed by atoms with Crippen molar-refractivity contribution in [3.8, 4) is 0 Å². The van der Waals surface area contributed by atoms with E-state index in [-0.39, 0.29) is 18.1 Å². The fourth-order valence-electron chi connectivity index (χ4n) is 2.87. The van der Waals surface area contributed by atoms with Crippen LogP contribution in [-0.2, 0) is 4.74 Å². The molecule has 0 aromatic carbocycles. The second-order valence-electron chi connectivity index (χ2n) is 6.20. The molecule has 1 fully saturated rings. The van der Waals surface area contributed by atoms with Gasteiger partial charge in [0.25, 0.3) is 5.91 Å². The smallest absolute Gasteiger partial charge is 0.274 e. The molecule has 6 nitrogen and oxygen atoms in total. The van der Waals surface area contributed by atoms with Gasteiger partial charge in [0.1, 0.15) is 5.69 Å². The van der Waals surface area contributed by atoms with E-state index in [0.29, 0.717) is 11.4 Å². The lowest BCUT2D eigenvalue weighted by molar-refractivity contribution is -0.00522. The number of carbonyl (C=O) groups is 1. The molecule has 2 aromatic rings. The molecule has 1 aliphatic rings. The van der Waals surface area contributed by atoms with Gasteiger partial charge in [0.15, 0.2) is 0 Å². The molecule has 0 aliphatic carbocycles. The number of pyridine rings is 2. The van der Waals surface area contributed by atoms with Crippen LogP contribution in [0.15, 0.2) is 36.7 Å². The molecule has 6 heteroatoms. The molecule has 24 heavy (non-hydrogen) atoms. The van der Waals surface area contributed by atoms with Gasteiger partial charge in [0.2, 0.25) is 0 Å². The lowest BCUT2D eigenvalue weighted by Crippen LogP contribution is -2.45. The third-order valence-corrected chi connectivity index (χ3v) is 3.93. The van der Waals surface area contributed by atoms with Gasteiger partial charge in [-0.2, -0.15) is 0 Å². The molecule has 0 bridgehead atoms. The lowest BCUT2D eigenvalue weighted by atomic mass is 10.2. The molecular formula is C18H22N4O2. The molecule has 2 aromatic heterocycles. The first kappa shape index (κ1) is 16.4. The van der Waals surface area contributed by atoms with Gasteiger partial charge in [-0.1, -0.05) is 0 Å². The van der Waals surface area contributed by atoms with Gasteiger partial charge < -0.3 is 15.0 Å². The van der Waals surface area contributed by atoms with E-state index in [9.17, 15) is 4.79 Å². The van der Waals surface area contributed by atoms with Gasteiger partial charge in [-0.15, -0.1) is 0 Å². The summed E-state index contributed by atoms with van der Waals surface area (Å²) >= 11 is 0. The van der Waals surface area contributed by atoms with Crippen molar-refractivity contribution in [2.24, 2.45) is 0 Å². The highest BCUT2D eigenvalue weighted by molar-refractivity contribution is 6.03. The van der Waals surface area contributed by atoms with Crippen LogP contribution >= 0.6 is 0 Å². The first-order chi connectivity index (χ1) is 11.5. The highest BCUT2D eigenvalue weighted by Crippen LogP contribution is 2.21. The summed E-state index contributed by atoms with van der Waals surface area (Å²) in [5.74, 6) is -0.239. The first-order valence-electron chi connectivity index (χ1n) is 8.12. The van der Waals surface area contributed by atoms with Gasteiger partial charge in [-0.25, -0.2) is 0 Å². The maximum absolute atomic E-state index is 12.4. The summed E-state index contributed by atoms with van der Waals surface area (Å²) in [7, 11) is 0. The van der Waals surface area contributed by atoms with Crippen molar-refractivity contribution in [3.63, 3.8) is 0 Å². The minimum Gasteiger partial charge on any atom is -0.372 e. The molecular weight excluding hydrogens is 304 g/mol. The summed E-state index contributed by atoms with van der Waals surface area (Å²) in [6.07, 6.45) is 3.64. The summed E-state index contributed by atoms with van der Waals surface area (Å²) in [5, 5.41) is 2.83. The average molecular weight is 326 g/mol. The SMILES string of the molecule is Cc1ccc(NC(=O)c2cc(N3CC(C)OC(C)C3)ccn2)cn1. The predicted octanol–water partition coefficient (Wildman–Crippen LogP) is 2.65. The highest BCUT2D eigenvalue weighted by atomic mass is 16.5. The molecule has 2 atom stereocenters. The predicted molar refractivity (Wildman–Crippen MR) is 93.4 cm³/mol. The molecule has 126 valence electrons. The molecule has 3 rings (SSSR count). The molecule has 3 heterocycles. The number of aryl methyl sites for hydroxylation is 1. The number of amides is 1. The Morgan fingerprint density at radius 1 is 1.21 bits per heavy atom. The van der Waals surface area contributed by atoms with Crippen LogP contribution < -0.4 is 10.2 Å². The Balaban J connectivity index is 1.74. The average Bonchev–Trinajstić information content (AvgIpc) is 2.56. The number of hydrogen-bond donors (Lipinski definition) is 1. The van der Waals surface area contributed by atoms with E-state index in [1.54, 1.807) is 12.4 Å². The monoisotopic (exact) mass is 326 g/mol. The number of anilines is 2. The number of hydrogen-bond acceptors (Lipinski definition) is 5. The van der Waals surface area contributed by atoms with Gasteiger partial charge in [-0.3, -0.25) is 14.8 Å². The molecule has 0 saturated carbocycles. The van der Waals surface area contributed by atoms with Crippen molar-refractivity contribution >= 4 is 17.3 Å². The number of aromatic nitrogens is 2. The zero-order chi connectivity index (χ0) is 17.1. The summed E-state index contributed by atoms with van der Waals surface area (Å²) in [6, 6.07) is 7.43. The molecule has 0 spiro atoms. The standard InChI is InChI=1S/C18H22N4O2/c1-12-4-5-15(9-20-12)21-18(23)17-8-16(6-7-19-17)22-10-13(2)24-14(3)11-22/h4-9,13-14H,10-11H2,1-3H3,(H,21,23). The van der Waals surface area contributed by atoms with Crippen molar-refractivity contribution in [2.45, 2.75) is 33.0 Å². The minimum absolute atomic E-state index is 0.165. The number of ether oxygens (including phenoxy) is 1. The van der Waals surface area contributed by atoms with Crippen LogP contribution in [0.1, 0.15) is 30.0 Å². The number of nitrogens with one attached hydrogen (secondary N) is 1. The molecule has 1 amide bonds. The summed E-state index contributed by atoms with van der Waals surface area (Å²) in [5.41, 5.74) is 2.94. The van der Waals surface area contributed by atoms with Crippen molar-refractivity contribution in [3.05, 3.63) is 48.0 Å². The summed E-state index contributed by atoms with van der Waals surface area (Å²) in [4.78, 5) is 23.0. The summed E-state index contributed by atoms with van der Waals surface area (Å²) in [6.45, 7) is 7.62. The van der Waals surface area contributed by atoms with E-state index in [2.05, 4.69) is 34.0 Å². The largest absolute Gasteiger partial charge is 0.372 e. The second-order valence-corrected chi connectivity index (χ2v) is 6.20. The first-order valence-corrected chi connectivity index (χ1v) is 8.12. The van der Waals surface area contributed by atoms with Gasteiger partial charge in [0.05, 0.1) is 24.1 Å². The third-order valence-electron chi connectivity index (χ3n) is 3.93. The second kappa shape index (κ2) is 6.97. The van der Waals surface area contributed by atoms with Crippen LogP contribution in [-0.4, -0.2) is 41.2 Å². The minimum atomic E-state index is -0.239. The van der Waals surface area contributed by atoms with Gasteiger partial charge in [0, 0.05) is 30.7 Å². The van der Waals surface area contributed by atoms with Crippen LogP contribution in [0.2, 0.25) is 0 Å². The van der Waals surface area contributed by atoms with Crippen LogP contribution in [0.5, 0.6) is 0 Å². The Kier molecular flexibility index (Phi) is 4.76. The fourth-order valence-corrected chi connectivity index (χ4v) is 2.87. The lowest BCUT2D eigenvalue weighted by Gasteiger charge is -2.36. The van der Waals surface area contributed by atoms with E-state index < -0.39 is 0 Å². The van der Waals surface area contributed by atoms with E-state index in [0.717, 1.165) is 24.5 Å². The topological polar surface area (TPSA) is 67.4 Å². The highest BCUT2D eigenvalue weighted by Gasteiger charge is 2.23. The van der Waals surface area contributed by atoms with E-state index in [1.807, 2.05) is 31.2 Å². The molecule has 1 N–H and O–H groups in total. The number of morpholine rings is 1. The van der Waals surface area contributed by atoms with Crippen molar-refractivity contribution in [2.75, 3.05) is 23.3 Å². The molecule has 1 aliphatic heterocycles. The quantitative estimate of drug-likeness (QED) is 0.939. The van der Waals surface area contributed by atoms with Crippen LogP contribution in [0, 0.1) is 6.92 Å². The maximum Gasteiger partial charge on any atom is 0.274 e. The molecule has 0 radical (unpaired) electrons. The van der Waals surface area contributed by atoms with Crippen molar-refractivity contribution < 1.29 is 9.53 Å². The summed E-state index contributed by atoms with van der Waals surface area (Å²) < 4.78 is 5.76. The zero-order valence-corrected chi connectivity index (χ0v) is 14.2. The van der Waals surface area contributed by atoms with E-state index >= 15 is 0 Å². The Hall–Kier alpha value is -2.47. The van der Waals surface area contributed by atoms with Gasteiger partial charge in [-0.05, 0) is 45.0 Å². The maximum atomic E-state index is 12.4. The third kappa shape index (κ3) is 3.89. The molecule has 1 saturated heterocycles. The van der Waals surface area contributed by atoms with E-state index in [4.69, 9.17) is 4.74 Å². The number of carbonyl (C=O) groups excluding carboxylic acids is 1. The Morgan fingerprint density at radius 3 is 2.62 bits per heavy atom. The Bertz CT molecular complexity index is 707. The van der Waals surface area contributed by atoms with Crippen LogP contribution in [0.3, 0.4) is 0 Å². The van der Waals surface area contributed by atoms with Crippen molar-refractivity contribution in [1.82, 2.24) is 9.97 Å². The number of rotatable bonds is 3. The van der Waals surface area contributed by atoms with Crippen molar-refractivity contribution in [1.29, 1.82) is 0 Å². The number of nitrogens with zero attached hydrogens (tertiary/aromatic N) is 3.